The lowest BCUT2D eigenvalue weighted by molar-refractivity contribution is -0.0294. The molecule has 1 amide bonds. The van der Waals surface area contributed by atoms with Crippen LogP contribution in [0.15, 0.2) is 54.6 Å². The molecule has 0 aromatic heterocycles. The van der Waals surface area contributed by atoms with Crippen LogP contribution >= 0.6 is 0 Å². The first-order chi connectivity index (χ1) is 24.4. The van der Waals surface area contributed by atoms with Crippen molar-refractivity contribution in [3.8, 4) is 0 Å². The molecule has 5 atom stereocenters. The van der Waals surface area contributed by atoms with E-state index >= 15 is 0 Å². The highest BCUT2D eigenvalue weighted by Crippen LogP contribution is 2.19. The van der Waals surface area contributed by atoms with E-state index in [0.717, 1.165) is 5.56 Å². The molecule has 0 saturated heterocycles. The van der Waals surface area contributed by atoms with E-state index in [0.29, 0.717) is 6.42 Å². The summed E-state index contributed by atoms with van der Waals surface area (Å²) in [5.74, 6) is -0.114. The third-order valence-electron chi connectivity index (χ3n) is 6.81. The number of nitrogens with two attached hydrogens (primary N) is 1. The molecule has 2 rings (SSSR count). The van der Waals surface area contributed by atoms with E-state index in [1.165, 1.54) is 19.6 Å². The number of nitrogens with zero attached hydrogens (tertiary/aromatic N) is 1. The van der Waals surface area contributed by atoms with E-state index in [1.54, 1.807) is 74.4 Å². The van der Waals surface area contributed by atoms with Gasteiger partial charge >= 0.3 is 18.4 Å². The summed E-state index contributed by atoms with van der Waals surface area (Å²) in [4.78, 5) is 36.0. The Morgan fingerprint density at radius 3 is 1.60 bits per heavy atom. The first kappa shape index (κ1) is 51.6. The maximum atomic E-state index is 11.6. The summed E-state index contributed by atoms with van der Waals surface area (Å²) in [7, 11) is 0. The van der Waals surface area contributed by atoms with Crippen LogP contribution in [0.1, 0.15) is 101 Å². The van der Waals surface area contributed by atoms with E-state index in [2.05, 4.69) is 35.7 Å². The van der Waals surface area contributed by atoms with E-state index in [9.17, 15) is 29.7 Å². The Kier molecular flexibility index (Phi) is 25.6. The fourth-order valence-corrected chi connectivity index (χ4v) is 4.13. The van der Waals surface area contributed by atoms with Gasteiger partial charge in [0.05, 0.1) is 37.5 Å². The first-order valence-corrected chi connectivity index (χ1v) is 18.0. The van der Waals surface area contributed by atoms with Crippen LogP contribution in [0.3, 0.4) is 0 Å². The normalized spacial score (nSPS) is 16.1. The van der Waals surface area contributed by atoms with Crippen LogP contribution in [0, 0.1) is 5.92 Å². The molecule has 0 aliphatic heterocycles. The lowest BCUT2D eigenvalue weighted by Gasteiger charge is -2.29. The van der Waals surface area contributed by atoms with Gasteiger partial charge in [-0.05, 0) is 93.9 Å². The van der Waals surface area contributed by atoms with Gasteiger partial charge in [0.2, 0.25) is 0 Å². The maximum Gasteiger partial charge on any atom is 0.519 e. The largest absolute Gasteiger partial charge is 0.519 e. The van der Waals surface area contributed by atoms with Gasteiger partial charge in [0.25, 0.3) is 0 Å². The summed E-state index contributed by atoms with van der Waals surface area (Å²) in [5, 5.41) is 40.2. The van der Waals surface area contributed by atoms with Crippen LogP contribution in [-0.4, -0.2) is 112 Å². The van der Waals surface area contributed by atoms with Gasteiger partial charge in [-0.15, -0.1) is 0 Å². The van der Waals surface area contributed by atoms with Gasteiger partial charge in [-0.3, -0.25) is 0 Å². The summed E-state index contributed by atoms with van der Waals surface area (Å²) in [6.07, 6.45) is 3.85. The topological polar surface area (TPSA) is 210 Å². The predicted octanol–water partition coefficient (Wildman–Crippen LogP) is 5.63. The van der Waals surface area contributed by atoms with Crippen LogP contribution in [0.4, 0.5) is 14.4 Å². The molecule has 0 fully saturated rings. The molecule has 1 aromatic rings. The number of aliphatic hydroxyl groups excluding tert-OH is 4. The predicted molar refractivity (Wildman–Crippen MR) is 206 cm³/mol. The molecule has 1 aromatic carbocycles. The fourth-order valence-electron chi connectivity index (χ4n) is 4.13. The second-order valence-electron chi connectivity index (χ2n) is 15.0. The van der Waals surface area contributed by atoms with Crippen molar-refractivity contribution in [3.63, 3.8) is 0 Å². The molecular weight excluding hydrogens is 686 g/mol. The van der Waals surface area contributed by atoms with Crippen molar-refractivity contribution in [2.24, 2.45) is 11.7 Å². The second kappa shape index (κ2) is 26.3. The molecule has 1 aliphatic carbocycles. The van der Waals surface area contributed by atoms with Gasteiger partial charge in [-0.2, -0.15) is 0 Å². The molecular formula is C39H69N3O11. The van der Waals surface area contributed by atoms with Gasteiger partial charge in [-0.1, -0.05) is 75.4 Å². The van der Waals surface area contributed by atoms with E-state index < -0.39 is 59.5 Å². The third-order valence-corrected chi connectivity index (χ3v) is 6.81. The number of benzene rings is 1. The number of aliphatic hydroxyl groups is 4. The highest BCUT2D eigenvalue weighted by molar-refractivity contribution is 5.77. The molecule has 14 nitrogen and oxygen atoms in total. The number of nitrogens with one attached hydrogen (secondary N) is 1. The highest BCUT2D eigenvalue weighted by atomic mass is 16.8. The van der Waals surface area contributed by atoms with E-state index in [-0.39, 0.29) is 19.1 Å². The van der Waals surface area contributed by atoms with Crippen LogP contribution in [-0.2, 0) is 18.9 Å². The lowest BCUT2D eigenvalue weighted by atomic mass is 9.90. The average Bonchev–Trinajstić information content (AvgIpc) is 3.06. The summed E-state index contributed by atoms with van der Waals surface area (Å²) < 4.78 is 18.9. The molecule has 1 unspecified atom stereocenters. The minimum absolute atomic E-state index is 0.114. The Morgan fingerprint density at radius 2 is 1.26 bits per heavy atom. The Bertz CT molecular complexity index is 1170. The van der Waals surface area contributed by atoms with Crippen LogP contribution in [0.25, 0.3) is 0 Å². The zero-order chi connectivity index (χ0) is 41.4. The number of carbonyl (C=O) groups excluding carboxylic acids is 3. The average molecular weight is 756 g/mol. The van der Waals surface area contributed by atoms with Gasteiger partial charge < -0.3 is 55.3 Å². The zero-order valence-electron chi connectivity index (χ0n) is 34.0. The van der Waals surface area contributed by atoms with Crippen molar-refractivity contribution in [1.82, 2.24) is 10.2 Å². The number of ether oxygens (including phenoxy) is 4. The minimum Gasteiger partial charge on any atom is -0.444 e. The van der Waals surface area contributed by atoms with Crippen molar-refractivity contribution >= 4 is 18.4 Å². The van der Waals surface area contributed by atoms with Crippen molar-refractivity contribution in [3.05, 3.63) is 60.2 Å². The SMILES string of the molecule is CC(C)(C)OC(=O)N[C@H](CO)[C@H](O)C1C=CC=CC1.CC(C)(C)OC(=O)OC(=O)OC(C)(C)C.CCN(CC)CC.N[C@H](CO)[C@H](O)c1ccccc1. The second-order valence-corrected chi connectivity index (χ2v) is 15.0. The molecule has 53 heavy (non-hydrogen) atoms. The molecule has 7 N–H and O–H groups in total. The Hall–Kier alpha value is -3.53. The molecule has 0 heterocycles. The van der Waals surface area contributed by atoms with Crippen LogP contribution in [0.2, 0.25) is 0 Å². The third kappa shape index (κ3) is 27.7. The number of rotatable bonds is 10. The summed E-state index contributed by atoms with van der Waals surface area (Å²) in [6, 6.07) is 7.72. The quantitative estimate of drug-likeness (QED) is 0.0974. The van der Waals surface area contributed by atoms with Crippen LogP contribution < -0.4 is 11.1 Å². The van der Waals surface area contributed by atoms with E-state index in [4.69, 9.17) is 25.1 Å². The number of hydrogen-bond donors (Lipinski definition) is 6. The number of alkyl carbamates (subject to hydrolysis) is 1. The molecule has 1 aliphatic rings. The van der Waals surface area contributed by atoms with Crippen molar-refractivity contribution in [2.75, 3.05) is 32.8 Å². The Morgan fingerprint density at radius 1 is 0.792 bits per heavy atom. The van der Waals surface area contributed by atoms with Gasteiger partial charge in [0, 0.05) is 5.92 Å². The number of carbonyl (C=O) groups is 3. The van der Waals surface area contributed by atoms with Crippen molar-refractivity contribution in [2.45, 2.75) is 131 Å². The van der Waals surface area contributed by atoms with Crippen molar-refractivity contribution in [1.29, 1.82) is 0 Å². The zero-order valence-corrected chi connectivity index (χ0v) is 34.0. The molecule has 0 radical (unpaired) electrons. The molecule has 0 spiro atoms. The monoisotopic (exact) mass is 755 g/mol. The summed E-state index contributed by atoms with van der Waals surface area (Å²) >= 11 is 0. The molecule has 0 bridgehead atoms. The number of hydrogen-bond acceptors (Lipinski definition) is 13. The molecule has 306 valence electrons. The number of amides is 1. The van der Waals surface area contributed by atoms with Gasteiger partial charge in [-0.25, -0.2) is 14.4 Å². The maximum absolute atomic E-state index is 11.6. The summed E-state index contributed by atoms with van der Waals surface area (Å²) in [6.45, 7) is 24.9. The molecule has 14 heteroatoms. The van der Waals surface area contributed by atoms with Gasteiger partial charge in [0.1, 0.15) is 16.8 Å². The standard InChI is InChI=1S/C14H23NO4.C10H18O5.C9H13NO2.C6H15N/c1-14(2,3)19-13(18)15-11(9-16)12(17)10-7-5-4-6-8-10;1-9(2,3)14-7(11)13-8(12)15-10(4,5)6;10-8(6-11)9(12)7-4-2-1-3-5-7;1-4-7(5-2)6-3/h4-7,10-12,16-17H,8-9H2,1-3H3,(H,15,18);1-6H3;1-5,8-9,11-12H,6,10H2;4-6H2,1-3H3/t10?,11-,12-;;8-,9-;/m1.1./s1. The Balaban J connectivity index is 0. The van der Waals surface area contributed by atoms with E-state index in [1.807, 2.05) is 42.5 Å². The molecule has 0 saturated carbocycles. The van der Waals surface area contributed by atoms with Crippen molar-refractivity contribution < 1.29 is 53.8 Å². The fraction of sp³-hybridized carbons (Fsp3) is 0.667. The first-order valence-electron chi connectivity index (χ1n) is 18.0. The minimum atomic E-state index is -1.06. The smallest absolute Gasteiger partial charge is 0.444 e. The highest BCUT2D eigenvalue weighted by Gasteiger charge is 2.29. The van der Waals surface area contributed by atoms with Gasteiger partial charge in [0.15, 0.2) is 0 Å². The lowest BCUT2D eigenvalue weighted by Crippen LogP contribution is -2.49. The summed E-state index contributed by atoms with van der Waals surface area (Å²) in [5.41, 5.74) is 4.18. The van der Waals surface area contributed by atoms with Crippen LogP contribution in [0.5, 0.6) is 0 Å². The number of allylic oxidation sites excluding steroid dienone is 3. The Labute approximate surface area is 317 Å².